The molecule has 3 rings (SSSR count). The van der Waals surface area contributed by atoms with Crippen molar-refractivity contribution in [2.75, 3.05) is 33.0 Å². The molecule has 0 aromatic rings. The maximum Gasteiger partial charge on any atom is 0.333 e. The lowest BCUT2D eigenvalue weighted by molar-refractivity contribution is -0.138. The average Bonchev–Trinajstić information content (AvgIpc) is 3.77. The lowest BCUT2D eigenvalue weighted by Gasteiger charge is -2.12. The molecule has 2 saturated heterocycles. The van der Waals surface area contributed by atoms with Gasteiger partial charge in [0.15, 0.2) is 0 Å². The van der Waals surface area contributed by atoms with E-state index < -0.39 is 5.97 Å². The first kappa shape index (κ1) is 31.3. The Morgan fingerprint density at radius 2 is 1.56 bits per heavy atom. The summed E-state index contributed by atoms with van der Waals surface area (Å²) in [5.41, 5.74) is 0.414. The molecule has 0 bridgehead atoms. The first-order chi connectivity index (χ1) is 16.3. The van der Waals surface area contributed by atoms with Crippen molar-refractivity contribution in [1.82, 2.24) is 0 Å². The van der Waals surface area contributed by atoms with E-state index >= 15 is 0 Å². The maximum absolute atomic E-state index is 10.5. The summed E-state index contributed by atoms with van der Waals surface area (Å²) in [6.07, 6.45) is 13.4. The van der Waals surface area contributed by atoms with Crippen LogP contribution in [0.25, 0.3) is 0 Å². The molecule has 34 heavy (non-hydrogen) atoms. The Labute approximate surface area is 204 Å². The Kier molecular flexibility index (Phi) is 18.1. The normalized spacial score (nSPS) is 22.5. The second-order valence-electron chi connectivity index (χ2n) is 7.59. The highest BCUT2D eigenvalue weighted by atomic mass is 16.6. The van der Waals surface area contributed by atoms with Gasteiger partial charge in [-0.05, 0) is 32.1 Å². The predicted octanol–water partition coefficient (Wildman–Crippen LogP) is 4.52. The molecule has 7 heteroatoms. The third kappa shape index (κ3) is 17.8. The van der Waals surface area contributed by atoms with Crippen LogP contribution in [0.2, 0.25) is 0 Å². The molecule has 4 unspecified atom stereocenters. The molecule has 2 heterocycles. The van der Waals surface area contributed by atoms with Gasteiger partial charge in [0.2, 0.25) is 0 Å². The number of carbonyl (C=O) groups is 2. The van der Waals surface area contributed by atoms with Crippen LogP contribution in [0.5, 0.6) is 0 Å². The van der Waals surface area contributed by atoms with Crippen molar-refractivity contribution in [2.45, 2.75) is 44.5 Å². The van der Waals surface area contributed by atoms with Gasteiger partial charge in [-0.15, -0.1) is 13.2 Å². The van der Waals surface area contributed by atoms with Crippen LogP contribution in [-0.4, -0.2) is 63.3 Å². The number of rotatable bonds is 11. The van der Waals surface area contributed by atoms with E-state index in [0.717, 1.165) is 25.2 Å². The molecular weight excluding hydrogens is 436 g/mol. The SMILES string of the molecule is C=CC1CCC2OC2C1.C=CCOC(=O)C(=C)C.C=CCOC(=O)C=C.C=CCOCC1CO1. The van der Waals surface area contributed by atoms with Crippen LogP contribution in [0.15, 0.2) is 75.4 Å². The van der Waals surface area contributed by atoms with Crippen molar-refractivity contribution in [1.29, 1.82) is 0 Å². The first-order valence-corrected chi connectivity index (χ1v) is 11.2. The number of allylic oxidation sites excluding steroid dienone is 1. The van der Waals surface area contributed by atoms with E-state index in [4.69, 9.17) is 14.2 Å². The molecule has 1 aliphatic carbocycles. The summed E-state index contributed by atoms with van der Waals surface area (Å²) in [6, 6.07) is 0. The molecule has 0 N–H and O–H groups in total. The van der Waals surface area contributed by atoms with Gasteiger partial charge in [-0.25, -0.2) is 9.59 Å². The number of fused-ring (bicyclic) bond motifs is 1. The minimum Gasteiger partial charge on any atom is -0.458 e. The van der Waals surface area contributed by atoms with E-state index in [1.807, 2.05) is 0 Å². The van der Waals surface area contributed by atoms with Crippen molar-refractivity contribution in [3.05, 3.63) is 75.4 Å². The zero-order valence-electron chi connectivity index (χ0n) is 20.5. The minimum atomic E-state index is -0.412. The molecule has 190 valence electrons. The lowest BCUT2D eigenvalue weighted by Crippen LogP contribution is -2.10. The topological polar surface area (TPSA) is 86.9 Å². The molecule has 0 aromatic carbocycles. The molecule has 0 spiro atoms. The minimum absolute atomic E-state index is 0.255. The van der Waals surface area contributed by atoms with Gasteiger partial charge >= 0.3 is 11.9 Å². The summed E-state index contributed by atoms with van der Waals surface area (Å²) in [5.74, 6) is -0.0337. The molecule has 2 aliphatic heterocycles. The molecule has 0 radical (unpaired) electrons. The Morgan fingerprint density at radius 1 is 0.941 bits per heavy atom. The van der Waals surface area contributed by atoms with Crippen LogP contribution in [0.1, 0.15) is 26.2 Å². The summed E-state index contributed by atoms with van der Waals surface area (Å²) >= 11 is 0. The van der Waals surface area contributed by atoms with Crippen LogP contribution < -0.4 is 0 Å². The largest absolute Gasteiger partial charge is 0.458 e. The Morgan fingerprint density at radius 3 is 2.03 bits per heavy atom. The summed E-state index contributed by atoms with van der Waals surface area (Å²) in [5, 5.41) is 0. The third-order valence-electron chi connectivity index (χ3n) is 4.51. The van der Waals surface area contributed by atoms with Gasteiger partial charge in [0.1, 0.15) is 19.3 Å². The zero-order valence-corrected chi connectivity index (χ0v) is 20.5. The average molecular weight is 477 g/mol. The van der Waals surface area contributed by atoms with Crippen molar-refractivity contribution in [3.8, 4) is 0 Å². The molecule has 4 atom stereocenters. The quantitative estimate of drug-likeness (QED) is 0.142. The fourth-order valence-electron chi connectivity index (χ4n) is 2.55. The van der Waals surface area contributed by atoms with Crippen LogP contribution in [0.3, 0.4) is 0 Å². The van der Waals surface area contributed by atoms with Gasteiger partial charge in [-0.1, -0.05) is 50.6 Å². The highest BCUT2D eigenvalue weighted by Crippen LogP contribution is 2.39. The predicted molar refractivity (Wildman–Crippen MR) is 134 cm³/mol. The number of ether oxygens (including phenoxy) is 5. The van der Waals surface area contributed by atoms with Gasteiger partial charge < -0.3 is 23.7 Å². The van der Waals surface area contributed by atoms with E-state index in [0.29, 0.717) is 30.5 Å². The third-order valence-corrected chi connectivity index (χ3v) is 4.51. The summed E-state index contributed by atoms with van der Waals surface area (Å²) in [7, 11) is 0. The summed E-state index contributed by atoms with van der Waals surface area (Å²) in [4.78, 5) is 20.7. The number of hydrogen-bond acceptors (Lipinski definition) is 7. The molecule has 3 fully saturated rings. The van der Waals surface area contributed by atoms with Crippen LogP contribution in [0.4, 0.5) is 0 Å². The Hall–Kier alpha value is -2.74. The second-order valence-corrected chi connectivity index (χ2v) is 7.59. The van der Waals surface area contributed by atoms with Gasteiger partial charge in [-0.2, -0.15) is 0 Å². The standard InChI is InChI=1S/C8H12O.C7H10O2.C6H10O2.C6H8O2/c1-2-6-3-4-7-8(5-6)9-7;1-4-5-9-7(8)6(2)3;1-2-3-7-4-6-5-8-6;1-3-5-8-6(7)4-2/h2,6-8H,1,3-5H2;4H,1-2,5H2,3H3;2,6H,1,3-5H2;3-4H,1-2,5H2. The smallest absolute Gasteiger partial charge is 0.333 e. The van der Waals surface area contributed by atoms with Crippen LogP contribution in [0, 0.1) is 5.92 Å². The second kappa shape index (κ2) is 19.7. The Balaban J connectivity index is 0.000000428. The Bertz CT molecular complexity index is 678. The van der Waals surface area contributed by atoms with Crippen molar-refractivity contribution >= 4 is 11.9 Å². The van der Waals surface area contributed by atoms with Gasteiger partial charge in [0.05, 0.1) is 32.0 Å². The fourth-order valence-corrected chi connectivity index (χ4v) is 2.55. The molecule has 7 nitrogen and oxygen atoms in total. The highest BCUT2D eigenvalue weighted by molar-refractivity contribution is 5.86. The number of esters is 2. The van der Waals surface area contributed by atoms with Crippen LogP contribution >= 0.6 is 0 Å². The van der Waals surface area contributed by atoms with E-state index in [1.165, 1.54) is 31.4 Å². The molecule has 0 aromatic heterocycles. The molecular formula is C27H40O7. The number of carbonyl (C=O) groups excluding carboxylic acids is 2. The summed E-state index contributed by atoms with van der Waals surface area (Å²) in [6.45, 7) is 25.0. The van der Waals surface area contributed by atoms with Crippen molar-refractivity contribution < 1.29 is 33.3 Å². The van der Waals surface area contributed by atoms with Crippen molar-refractivity contribution in [3.63, 3.8) is 0 Å². The molecule has 0 amide bonds. The lowest BCUT2D eigenvalue weighted by atomic mass is 9.90. The zero-order chi connectivity index (χ0) is 25.8. The van der Waals surface area contributed by atoms with E-state index in [1.54, 1.807) is 13.0 Å². The van der Waals surface area contributed by atoms with Crippen molar-refractivity contribution in [2.24, 2.45) is 5.92 Å². The monoisotopic (exact) mass is 476 g/mol. The van der Waals surface area contributed by atoms with E-state index in [9.17, 15) is 9.59 Å². The highest BCUT2D eigenvalue weighted by Gasteiger charge is 2.42. The number of epoxide rings is 2. The van der Waals surface area contributed by atoms with Gasteiger partial charge in [-0.3, -0.25) is 0 Å². The summed E-state index contributed by atoms with van der Waals surface area (Å²) < 4.78 is 24.4. The van der Waals surface area contributed by atoms with Gasteiger partial charge in [0.25, 0.3) is 0 Å². The number of hydrogen-bond donors (Lipinski definition) is 0. The maximum atomic E-state index is 10.5. The fraction of sp³-hybridized carbons (Fsp3) is 0.481. The molecule has 3 aliphatic rings. The van der Waals surface area contributed by atoms with Gasteiger partial charge in [0, 0.05) is 11.6 Å². The van der Waals surface area contributed by atoms with Crippen LogP contribution in [-0.2, 0) is 33.3 Å². The molecule has 1 saturated carbocycles. The van der Waals surface area contributed by atoms with E-state index in [2.05, 4.69) is 55.0 Å². The van der Waals surface area contributed by atoms with E-state index in [-0.39, 0.29) is 19.2 Å². The first-order valence-electron chi connectivity index (χ1n) is 11.2.